The summed E-state index contributed by atoms with van der Waals surface area (Å²) in [6.07, 6.45) is 6.71. The monoisotopic (exact) mass is 504 g/mol. The summed E-state index contributed by atoms with van der Waals surface area (Å²) in [5.74, 6) is 0.744. The van der Waals surface area contributed by atoms with Gasteiger partial charge in [0.2, 0.25) is 0 Å². The Hall–Kier alpha value is -2.88. The van der Waals surface area contributed by atoms with Crippen LogP contribution < -0.4 is 5.56 Å². The van der Waals surface area contributed by atoms with Gasteiger partial charge in [0.1, 0.15) is 6.04 Å². The first-order chi connectivity index (χ1) is 17.7. The maximum absolute atomic E-state index is 13.6. The molecule has 0 spiro atoms. The Labute approximate surface area is 214 Å². The predicted octanol–water partition coefficient (Wildman–Crippen LogP) is 4.77. The molecule has 2 atom stereocenters. The van der Waals surface area contributed by atoms with Crippen LogP contribution in [-0.2, 0) is 11.3 Å². The summed E-state index contributed by atoms with van der Waals surface area (Å²) in [6, 6.07) is 12.3. The van der Waals surface area contributed by atoms with Crippen LogP contribution >= 0.6 is 11.3 Å². The minimum absolute atomic E-state index is 0.0964. The Balaban J connectivity index is 1.50. The summed E-state index contributed by atoms with van der Waals surface area (Å²) >= 11 is 1.73. The van der Waals surface area contributed by atoms with Gasteiger partial charge in [-0.15, -0.1) is 16.4 Å². The quantitative estimate of drug-likeness (QED) is 0.372. The second-order valence-electron chi connectivity index (χ2n) is 10.1. The van der Waals surface area contributed by atoms with Crippen molar-refractivity contribution in [2.45, 2.75) is 70.2 Å². The van der Waals surface area contributed by atoms with Crippen molar-refractivity contribution in [3.05, 3.63) is 74.0 Å². The first-order valence-corrected chi connectivity index (χ1v) is 13.8. The largest absolute Gasteiger partial charge is 0.377 e. The molecule has 2 fully saturated rings. The van der Waals surface area contributed by atoms with E-state index in [9.17, 15) is 4.79 Å². The highest BCUT2D eigenvalue weighted by Gasteiger charge is 2.35. The number of thiophene rings is 1. The molecule has 0 bridgehead atoms. The number of pyridine rings is 1. The molecule has 3 aromatic heterocycles. The highest BCUT2D eigenvalue weighted by molar-refractivity contribution is 7.09. The molecule has 6 rings (SSSR count). The number of fused-ring (bicyclic) bond motifs is 1. The maximum atomic E-state index is 13.6. The van der Waals surface area contributed by atoms with Crippen molar-refractivity contribution in [1.82, 2.24) is 30.1 Å². The first kappa shape index (κ1) is 23.5. The molecule has 0 radical (unpaired) electrons. The zero-order chi connectivity index (χ0) is 24.5. The van der Waals surface area contributed by atoms with Crippen LogP contribution in [0.2, 0.25) is 0 Å². The zero-order valence-corrected chi connectivity index (χ0v) is 21.4. The van der Waals surface area contributed by atoms with Gasteiger partial charge in [-0.1, -0.05) is 30.5 Å². The molecule has 1 saturated carbocycles. The van der Waals surface area contributed by atoms with Crippen molar-refractivity contribution in [2.24, 2.45) is 0 Å². The fourth-order valence-electron chi connectivity index (χ4n) is 5.75. The molecular weight excluding hydrogens is 472 g/mol. The van der Waals surface area contributed by atoms with E-state index in [0.29, 0.717) is 18.7 Å². The lowest BCUT2D eigenvalue weighted by Crippen LogP contribution is -2.39. The molecule has 4 aromatic rings. The molecule has 4 heterocycles. The van der Waals surface area contributed by atoms with Crippen LogP contribution in [0, 0.1) is 6.92 Å². The third-order valence-corrected chi connectivity index (χ3v) is 8.38. The van der Waals surface area contributed by atoms with Crippen LogP contribution in [-0.4, -0.2) is 49.3 Å². The van der Waals surface area contributed by atoms with Crippen LogP contribution in [0.25, 0.3) is 10.9 Å². The predicted molar refractivity (Wildman–Crippen MR) is 140 cm³/mol. The van der Waals surface area contributed by atoms with Crippen molar-refractivity contribution < 1.29 is 4.74 Å². The molecule has 1 saturated heterocycles. The molecule has 1 N–H and O–H groups in total. The number of tetrazole rings is 1. The van der Waals surface area contributed by atoms with Gasteiger partial charge >= 0.3 is 0 Å². The normalized spacial score (nSPS) is 19.6. The number of nitrogens with zero attached hydrogens (tertiary/aromatic N) is 5. The van der Waals surface area contributed by atoms with Gasteiger partial charge in [-0.05, 0) is 78.1 Å². The van der Waals surface area contributed by atoms with E-state index in [4.69, 9.17) is 4.74 Å². The van der Waals surface area contributed by atoms with Crippen molar-refractivity contribution >= 4 is 22.2 Å². The number of benzene rings is 1. The standard InChI is InChI=1S/C27H32N6O2S/c1-18-10-11-24-19(14-18)15-23(27(34)28-24)25(26-29-30-31-33(26)20-6-2-3-7-20)32(16-21-8-4-12-35-21)17-22-9-5-13-36-22/h5,9-11,13-15,20-21,25H,2-4,6-8,12,16-17H2,1H3,(H,28,34)/t21-,25+/m1/s1. The molecule has 188 valence electrons. The van der Waals surface area contributed by atoms with Gasteiger partial charge in [-0.3, -0.25) is 9.69 Å². The molecule has 0 amide bonds. The molecule has 1 aliphatic heterocycles. The van der Waals surface area contributed by atoms with E-state index in [1.165, 1.54) is 17.7 Å². The maximum Gasteiger partial charge on any atom is 0.253 e. The molecular formula is C27H32N6O2S. The van der Waals surface area contributed by atoms with Gasteiger partial charge in [-0.25, -0.2) is 4.68 Å². The number of aryl methyl sites for hydroxylation is 1. The lowest BCUT2D eigenvalue weighted by atomic mass is 10.0. The Morgan fingerprint density at radius 3 is 2.86 bits per heavy atom. The zero-order valence-electron chi connectivity index (χ0n) is 20.6. The number of aromatic amines is 1. The van der Waals surface area contributed by atoms with E-state index in [1.54, 1.807) is 11.3 Å². The van der Waals surface area contributed by atoms with Crippen LogP contribution in [0.1, 0.15) is 72.4 Å². The van der Waals surface area contributed by atoms with Crippen molar-refractivity contribution in [3.63, 3.8) is 0 Å². The molecule has 2 aliphatic rings. The summed E-state index contributed by atoms with van der Waals surface area (Å²) in [6.45, 7) is 4.27. The van der Waals surface area contributed by atoms with Gasteiger partial charge in [0.05, 0.1) is 12.1 Å². The van der Waals surface area contributed by atoms with E-state index < -0.39 is 0 Å². The average molecular weight is 505 g/mol. The van der Waals surface area contributed by atoms with Gasteiger partial charge < -0.3 is 9.72 Å². The van der Waals surface area contributed by atoms with Crippen LogP contribution in [0.15, 0.2) is 46.6 Å². The lowest BCUT2D eigenvalue weighted by Gasteiger charge is -2.33. The average Bonchev–Trinajstić information content (AvgIpc) is 3.68. The van der Waals surface area contributed by atoms with Crippen LogP contribution in [0.5, 0.6) is 0 Å². The fourth-order valence-corrected chi connectivity index (χ4v) is 6.48. The number of hydrogen-bond acceptors (Lipinski definition) is 7. The van der Waals surface area contributed by atoms with E-state index in [2.05, 4.69) is 55.9 Å². The second kappa shape index (κ2) is 10.2. The summed E-state index contributed by atoms with van der Waals surface area (Å²) in [5, 5.41) is 16.3. The Morgan fingerprint density at radius 1 is 1.19 bits per heavy atom. The third-order valence-electron chi connectivity index (χ3n) is 7.52. The second-order valence-corrected chi connectivity index (χ2v) is 11.1. The Morgan fingerprint density at radius 2 is 2.08 bits per heavy atom. The Bertz CT molecular complexity index is 1370. The van der Waals surface area contributed by atoms with Gasteiger partial charge in [0.25, 0.3) is 5.56 Å². The molecule has 1 aliphatic carbocycles. The van der Waals surface area contributed by atoms with E-state index >= 15 is 0 Å². The minimum atomic E-state index is -0.388. The SMILES string of the molecule is Cc1ccc2[nH]c(=O)c([C@@H](c3nnnn3C3CCCC3)N(Cc3cccs3)C[C@H]3CCCO3)cc2c1. The van der Waals surface area contributed by atoms with E-state index in [1.807, 2.05) is 22.9 Å². The van der Waals surface area contributed by atoms with Gasteiger partial charge in [0.15, 0.2) is 5.82 Å². The van der Waals surface area contributed by atoms with Crippen LogP contribution in [0.4, 0.5) is 0 Å². The molecule has 36 heavy (non-hydrogen) atoms. The van der Waals surface area contributed by atoms with E-state index in [-0.39, 0.29) is 23.7 Å². The number of rotatable bonds is 8. The molecule has 0 unspecified atom stereocenters. The highest BCUT2D eigenvalue weighted by Crippen LogP contribution is 2.35. The number of nitrogens with one attached hydrogen (secondary N) is 1. The van der Waals surface area contributed by atoms with Gasteiger partial charge in [0, 0.05) is 35.7 Å². The van der Waals surface area contributed by atoms with Crippen molar-refractivity contribution in [2.75, 3.05) is 13.2 Å². The number of aromatic nitrogens is 5. The molecule has 8 nitrogen and oxygen atoms in total. The van der Waals surface area contributed by atoms with Gasteiger partial charge in [-0.2, -0.15) is 0 Å². The van der Waals surface area contributed by atoms with E-state index in [0.717, 1.165) is 54.6 Å². The van der Waals surface area contributed by atoms with Crippen molar-refractivity contribution in [1.29, 1.82) is 0 Å². The Kier molecular flexibility index (Phi) is 6.69. The summed E-state index contributed by atoms with van der Waals surface area (Å²) in [5.41, 5.74) is 2.58. The smallest absolute Gasteiger partial charge is 0.253 e. The first-order valence-electron chi connectivity index (χ1n) is 12.9. The highest BCUT2D eigenvalue weighted by atomic mass is 32.1. The third kappa shape index (κ3) is 4.75. The molecule has 1 aromatic carbocycles. The number of hydrogen-bond donors (Lipinski definition) is 1. The van der Waals surface area contributed by atoms with Crippen LogP contribution in [0.3, 0.4) is 0 Å². The summed E-state index contributed by atoms with van der Waals surface area (Å²) < 4.78 is 8.06. The number of ether oxygens (including phenoxy) is 1. The lowest BCUT2D eigenvalue weighted by molar-refractivity contribution is 0.0574. The fraction of sp³-hybridized carbons (Fsp3) is 0.481. The minimum Gasteiger partial charge on any atom is -0.377 e. The topological polar surface area (TPSA) is 88.9 Å². The summed E-state index contributed by atoms with van der Waals surface area (Å²) in [7, 11) is 0. The number of H-pyrrole nitrogens is 1. The molecule has 9 heteroatoms. The van der Waals surface area contributed by atoms with Crippen molar-refractivity contribution in [3.8, 4) is 0 Å². The summed E-state index contributed by atoms with van der Waals surface area (Å²) in [4.78, 5) is 20.4.